The van der Waals surface area contributed by atoms with Crippen molar-refractivity contribution in [1.82, 2.24) is 10.2 Å². The number of nitrogens with one attached hydrogen (secondary N) is 1. The first-order valence-electron chi connectivity index (χ1n) is 12.2. The monoisotopic (exact) mass is 653 g/mol. The van der Waals surface area contributed by atoms with Crippen LogP contribution in [0.4, 0.5) is 5.69 Å². The second kappa shape index (κ2) is 13.2. The minimum atomic E-state index is -4.20. The zero-order chi connectivity index (χ0) is 28.9. The van der Waals surface area contributed by atoms with Crippen molar-refractivity contribution in [3.8, 4) is 0 Å². The SMILES string of the molecule is Cc1ccc(S(=O)(=O)N(CC(=O)N(Cc2ccc(Br)cc2)[C@@H](C)C(=O)NC(C)C)c2ccc(Cl)c(Cl)c2)cc1. The van der Waals surface area contributed by atoms with E-state index in [9.17, 15) is 18.0 Å². The fourth-order valence-corrected chi connectivity index (χ4v) is 5.74. The largest absolute Gasteiger partial charge is 0.352 e. The summed E-state index contributed by atoms with van der Waals surface area (Å²) in [4.78, 5) is 28.2. The van der Waals surface area contributed by atoms with Crippen LogP contribution in [0.3, 0.4) is 0 Å². The fraction of sp³-hybridized carbons (Fsp3) is 0.286. The van der Waals surface area contributed by atoms with Crippen molar-refractivity contribution in [3.05, 3.63) is 92.4 Å². The Hall–Kier alpha value is -2.59. The fourth-order valence-electron chi connectivity index (χ4n) is 3.78. The molecule has 1 atom stereocenters. The summed E-state index contributed by atoms with van der Waals surface area (Å²) in [5, 5.41) is 3.22. The van der Waals surface area contributed by atoms with E-state index in [-0.39, 0.29) is 39.1 Å². The molecule has 0 aliphatic carbocycles. The highest BCUT2D eigenvalue weighted by atomic mass is 79.9. The van der Waals surface area contributed by atoms with Gasteiger partial charge in [-0.1, -0.05) is 69.0 Å². The van der Waals surface area contributed by atoms with Crippen molar-refractivity contribution in [2.45, 2.75) is 51.2 Å². The molecule has 0 saturated carbocycles. The summed E-state index contributed by atoms with van der Waals surface area (Å²) >= 11 is 15.7. The molecule has 0 saturated heterocycles. The van der Waals surface area contributed by atoms with Crippen LogP contribution in [-0.2, 0) is 26.2 Å². The summed E-state index contributed by atoms with van der Waals surface area (Å²) in [5.41, 5.74) is 1.83. The Morgan fingerprint density at radius 3 is 2.10 bits per heavy atom. The predicted molar refractivity (Wildman–Crippen MR) is 160 cm³/mol. The molecule has 11 heteroatoms. The molecule has 39 heavy (non-hydrogen) atoms. The van der Waals surface area contributed by atoms with Crippen molar-refractivity contribution in [3.63, 3.8) is 0 Å². The lowest BCUT2D eigenvalue weighted by Crippen LogP contribution is -2.52. The number of hydrogen-bond donors (Lipinski definition) is 1. The first-order valence-corrected chi connectivity index (χ1v) is 15.2. The number of hydrogen-bond acceptors (Lipinski definition) is 4. The summed E-state index contributed by atoms with van der Waals surface area (Å²) < 4.78 is 29.5. The van der Waals surface area contributed by atoms with Gasteiger partial charge in [0.25, 0.3) is 10.0 Å². The standard InChI is InChI=1S/C28H30BrCl2N3O4S/c1-18(2)32-28(36)20(4)33(16-21-7-9-22(29)10-8-21)27(35)17-34(23-11-14-25(30)26(31)15-23)39(37,38)24-12-5-19(3)6-13-24/h5-15,18,20H,16-17H2,1-4H3,(H,32,36)/t20-/m0/s1. The van der Waals surface area contributed by atoms with Crippen molar-refractivity contribution >= 4 is 66.7 Å². The van der Waals surface area contributed by atoms with Crippen LogP contribution in [0.1, 0.15) is 31.9 Å². The number of nitrogens with zero attached hydrogens (tertiary/aromatic N) is 2. The molecular weight excluding hydrogens is 625 g/mol. The lowest BCUT2D eigenvalue weighted by Gasteiger charge is -2.32. The highest BCUT2D eigenvalue weighted by molar-refractivity contribution is 9.10. The van der Waals surface area contributed by atoms with Crippen LogP contribution < -0.4 is 9.62 Å². The maximum atomic E-state index is 13.9. The van der Waals surface area contributed by atoms with Gasteiger partial charge in [-0.15, -0.1) is 0 Å². The number of benzene rings is 3. The summed E-state index contributed by atoms with van der Waals surface area (Å²) in [6.07, 6.45) is 0. The Kier molecular flexibility index (Phi) is 10.5. The molecule has 208 valence electrons. The third kappa shape index (κ3) is 7.97. The van der Waals surface area contributed by atoms with Gasteiger partial charge in [-0.25, -0.2) is 8.42 Å². The molecule has 0 aliphatic rings. The Morgan fingerprint density at radius 1 is 0.923 bits per heavy atom. The Balaban J connectivity index is 2.05. The molecule has 0 fully saturated rings. The third-order valence-electron chi connectivity index (χ3n) is 5.94. The van der Waals surface area contributed by atoms with Gasteiger partial charge in [-0.3, -0.25) is 13.9 Å². The van der Waals surface area contributed by atoms with E-state index in [0.717, 1.165) is 19.9 Å². The van der Waals surface area contributed by atoms with Crippen molar-refractivity contribution in [2.24, 2.45) is 0 Å². The lowest BCUT2D eigenvalue weighted by atomic mass is 10.1. The zero-order valence-corrected chi connectivity index (χ0v) is 25.9. The lowest BCUT2D eigenvalue weighted by molar-refractivity contribution is -0.139. The molecule has 3 rings (SSSR count). The quantitative estimate of drug-likeness (QED) is 0.282. The van der Waals surface area contributed by atoms with Gasteiger partial charge in [0.15, 0.2) is 0 Å². The van der Waals surface area contributed by atoms with Crippen LogP contribution in [0.15, 0.2) is 76.1 Å². The third-order valence-corrected chi connectivity index (χ3v) is 9.00. The summed E-state index contributed by atoms with van der Waals surface area (Å²) in [6.45, 7) is 6.65. The van der Waals surface area contributed by atoms with Crippen LogP contribution in [0.5, 0.6) is 0 Å². The first kappa shape index (κ1) is 30.9. The van der Waals surface area contributed by atoms with E-state index in [4.69, 9.17) is 23.2 Å². The van der Waals surface area contributed by atoms with E-state index >= 15 is 0 Å². The highest BCUT2D eigenvalue weighted by Crippen LogP contribution is 2.31. The summed E-state index contributed by atoms with van der Waals surface area (Å²) in [6, 6.07) is 17.0. The molecule has 0 radical (unpaired) electrons. The van der Waals surface area contributed by atoms with Crippen molar-refractivity contribution in [2.75, 3.05) is 10.8 Å². The van der Waals surface area contributed by atoms with E-state index in [1.807, 2.05) is 45.0 Å². The zero-order valence-electron chi connectivity index (χ0n) is 22.0. The van der Waals surface area contributed by atoms with Gasteiger partial charge in [-0.2, -0.15) is 0 Å². The minimum absolute atomic E-state index is 0.0111. The molecule has 1 N–H and O–H groups in total. The molecule has 3 aromatic carbocycles. The molecule has 3 aromatic rings. The Morgan fingerprint density at radius 2 is 1.54 bits per heavy atom. The van der Waals surface area contributed by atoms with Crippen LogP contribution in [-0.4, -0.2) is 43.8 Å². The van der Waals surface area contributed by atoms with E-state index in [2.05, 4.69) is 21.2 Å². The summed E-state index contributed by atoms with van der Waals surface area (Å²) in [5.74, 6) is -0.913. The van der Waals surface area contributed by atoms with Gasteiger partial charge < -0.3 is 10.2 Å². The van der Waals surface area contributed by atoms with Gasteiger partial charge in [0.05, 0.1) is 20.6 Å². The molecule has 0 bridgehead atoms. The number of carbonyl (C=O) groups excluding carboxylic acids is 2. The number of rotatable bonds is 10. The smallest absolute Gasteiger partial charge is 0.264 e. The number of halogens is 3. The average Bonchev–Trinajstić information content (AvgIpc) is 2.88. The molecule has 0 unspecified atom stereocenters. The highest BCUT2D eigenvalue weighted by Gasteiger charge is 2.33. The normalized spacial score (nSPS) is 12.2. The number of anilines is 1. The predicted octanol–water partition coefficient (Wildman–Crippen LogP) is 6.20. The van der Waals surface area contributed by atoms with E-state index < -0.39 is 28.5 Å². The van der Waals surface area contributed by atoms with Gasteiger partial charge in [0, 0.05) is 17.1 Å². The van der Waals surface area contributed by atoms with Crippen LogP contribution in [0, 0.1) is 6.92 Å². The number of amides is 2. The van der Waals surface area contributed by atoms with Crippen LogP contribution in [0.2, 0.25) is 10.0 Å². The Labute approximate surface area is 248 Å². The van der Waals surface area contributed by atoms with Gasteiger partial charge in [0.1, 0.15) is 12.6 Å². The molecule has 0 spiro atoms. The van der Waals surface area contributed by atoms with E-state index in [1.54, 1.807) is 19.1 Å². The first-order chi connectivity index (χ1) is 18.3. The van der Waals surface area contributed by atoms with Crippen LogP contribution >= 0.6 is 39.1 Å². The topological polar surface area (TPSA) is 86.8 Å². The molecule has 0 aromatic heterocycles. The molecule has 0 aliphatic heterocycles. The van der Waals surface area contributed by atoms with Crippen molar-refractivity contribution < 1.29 is 18.0 Å². The maximum Gasteiger partial charge on any atom is 0.264 e. The molecule has 0 heterocycles. The molecule has 2 amide bonds. The average molecular weight is 655 g/mol. The van der Waals surface area contributed by atoms with E-state index in [0.29, 0.717) is 0 Å². The van der Waals surface area contributed by atoms with Gasteiger partial charge >= 0.3 is 0 Å². The van der Waals surface area contributed by atoms with Gasteiger partial charge in [-0.05, 0) is 75.7 Å². The van der Waals surface area contributed by atoms with Gasteiger partial charge in [0.2, 0.25) is 11.8 Å². The number of sulfonamides is 1. The minimum Gasteiger partial charge on any atom is -0.352 e. The summed E-state index contributed by atoms with van der Waals surface area (Å²) in [7, 11) is -4.20. The van der Waals surface area contributed by atoms with Crippen molar-refractivity contribution in [1.29, 1.82) is 0 Å². The second-order valence-electron chi connectivity index (χ2n) is 9.41. The van der Waals surface area contributed by atoms with Crippen LogP contribution in [0.25, 0.3) is 0 Å². The van der Waals surface area contributed by atoms with E-state index in [1.165, 1.54) is 35.2 Å². The number of aryl methyl sites for hydroxylation is 1. The second-order valence-corrected chi connectivity index (χ2v) is 13.0. The molecular formula is C28H30BrCl2N3O4S. The maximum absolute atomic E-state index is 13.9. The number of carbonyl (C=O) groups is 2. The molecule has 7 nitrogen and oxygen atoms in total. The Bertz CT molecular complexity index is 1430.